The second kappa shape index (κ2) is 9.08. The van der Waals surface area contributed by atoms with Crippen LogP contribution in [0, 0.1) is 6.92 Å². The van der Waals surface area contributed by atoms with Crippen LogP contribution < -0.4 is 15.8 Å². The Kier molecular flexibility index (Phi) is 6.81. The molecule has 0 saturated heterocycles. The van der Waals surface area contributed by atoms with Crippen LogP contribution in [0.25, 0.3) is 0 Å². The molecule has 2 rings (SSSR count). The summed E-state index contributed by atoms with van der Waals surface area (Å²) in [7, 11) is 0. The quantitative estimate of drug-likeness (QED) is 0.654. The molecule has 2 aromatic rings. The minimum absolute atomic E-state index is 0.0359. The van der Waals surface area contributed by atoms with Gasteiger partial charge in [-0.15, -0.1) is 0 Å². The molecule has 0 radical (unpaired) electrons. The summed E-state index contributed by atoms with van der Waals surface area (Å²) in [6.07, 6.45) is 4.61. The van der Waals surface area contributed by atoms with Crippen LogP contribution in [0.15, 0.2) is 30.5 Å². The fourth-order valence-electron chi connectivity index (χ4n) is 2.40. The van der Waals surface area contributed by atoms with Gasteiger partial charge in [0.25, 0.3) is 0 Å². The standard InChI is InChI=1S/C18H26N4O2/c1-3-4-7-14(11-23)22-16-9-18(19)20-10-17(16)24-12-15-8-5-6-13(2)21-15/h5-6,8-10,14,23H,3-4,7,11-12H2,1-2H3,(H3,19,20,22)/t14-/m0/s1. The Bertz CT molecular complexity index is 649. The molecule has 0 bridgehead atoms. The number of aliphatic hydroxyl groups excluding tert-OH is 1. The molecule has 0 saturated carbocycles. The minimum Gasteiger partial charge on any atom is -0.483 e. The van der Waals surface area contributed by atoms with Gasteiger partial charge in [-0.2, -0.15) is 0 Å². The number of pyridine rings is 2. The van der Waals surface area contributed by atoms with Crippen LogP contribution >= 0.6 is 0 Å². The van der Waals surface area contributed by atoms with Crippen LogP contribution in [0.1, 0.15) is 37.6 Å². The molecule has 24 heavy (non-hydrogen) atoms. The van der Waals surface area contributed by atoms with Crippen molar-refractivity contribution in [3.05, 3.63) is 41.9 Å². The largest absolute Gasteiger partial charge is 0.483 e. The van der Waals surface area contributed by atoms with Gasteiger partial charge in [-0.1, -0.05) is 25.8 Å². The summed E-state index contributed by atoms with van der Waals surface area (Å²) in [6.45, 7) is 4.48. The van der Waals surface area contributed by atoms with E-state index < -0.39 is 0 Å². The zero-order valence-electron chi connectivity index (χ0n) is 14.3. The normalized spacial score (nSPS) is 12.0. The van der Waals surface area contributed by atoms with Gasteiger partial charge in [-0.25, -0.2) is 4.98 Å². The van der Waals surface area contributed by atoms with Crippen molar-refractivity contribution < 1.29 is 9.84 Å². The molecule has 6 nitrogen and oxygen atoms in total. The molecule has 2 heterocycles. The Hall–Kier alpha value is -2.34. The van der Waals surface area contributed by atoms with Crippen molar-refractivity contribution in [3.63, 3.8) is 0 Å². The molecular formula is C18H26N4O2. The first-order valence-corrected chi connectivity index (χ1v) is 8.30. The van der Waals surface area contributed by atoms with E-state index in [-0.39, 0.29) is 12.6 Å². The number of ether oxygens (including phenoxy) is 1. The van der Waals surface area contributed by atoms with E-state index in [4.69, 9.17) is 10.5 Å². The van der Waals surface area contributed by atoms with Crippen LogP contribution in [0.3, 0.4) is 0 Å². The maximum absolute atomic E-state index is 9.55. The summed E-state index contributed by atoms with van der Waals surface area (Å²) in [5, 5.41) is 12.9. The summed E-state index contributed by atoms with van der Waals surface area (Å²) in [5.41, 5.74) is 8.33. The second-order valence-electron chi connectivity index (χ2n) is 5.83. The first-order chi connectivity index (χ1) is 11.6. The predicted octanol–water partition coefficient (Wildman–Crippen LogP) is 2.91. The second-order valence-corrected chi connectivity index (χ2v) is 5.83. The minimum atomic E-state index is -0.0359. The highest BCUT2D eigenvalue weighted by Crippen LogP contribution is 2.27. The number of aliphatic hydroxyl groups is 1. The lowest BCUT2D eigenvalue weighted by Crippen LogP contribution is -2.24. The topological polar surface area (TPSA) is 93.3 Å². The summed E-state index contributed by atoms with van der Waals surface area (Å²) < 4.78 is 5.86. The molecule has 0 amide bonds. The lowest BCUT2D eigenvalue weighted by Gasteiger charge is -2.20. The molecule has 0 spiro atoms. The molecule has 0 unspecified atom stereocenters. The monoisotopic (exact) mass is 330 g/mol. The fraction of sp³-hybridized carbons (Fsp3) is 0.444. The van der Waals surface area contributed by atoms with E-state index in [1.165, 1.54) is 0 Å². The number of rotatable bonds is 9. The van der Waals surface area contributed by atoms with Crippen LogP contribution in [0.2, 0.25) is 0 Å². The molecule has 2 aromatic heterocycles. The van der Waals surface area contributed by atoms with Crippen molar-refractivity contribution >= 4 is 11.5 Å². The van der Waals surface area contributed by atoms with Gasteiger partial charge in [0.15, 0.2) is 5.75 Å². The SMILES string of the molecule is CCCC[C@@H](CO)Nc1cc(N)ncc1OCc1cccc(C)n1. The molecule has 130 valence electrons. The van der Waals surface area contributed by atoms with Crippen molar-refractivity contribution in [1.82, 2.24) is 9.97 Å². The van der Waals surface area contributed by atoms with Gasteiger partial charge in [0.1, 0.15) is 12.4 Å². The highest BCUT2D eigenvalue weighted by atomic mass is 16.5. The fourth-order valence-corrected chi connectivity index (χ4v) is 2.40. The van der Waals surface area contributed by atoms with E-state index in [9.17, 15) is 5.11 Å². The smallest absolute Gasteiger partial charge is 0.161 e. The van der Waals surface area contributed by atoms with E-state index in [1.807, 2.05) is 25.1 Å². The molecule has 0 aromatic carbocycles. The molecule has 0 fully saturated rings. The van der Waals surface area contributed by atoms with Gasteiger partial charge < -0.3 is 20.9 Å². The van der Waals surface area contributed by atoms with Crippen molar-refractivity contribution in [1.29, 1.82) is 0 Å². The lowest BCUT2D eigenvalue weighted by atomic mass is 10.1. The Morgan fingerprint density at radius 1 is 1.38 bits per heavy atom. The summed E-state index contributed by atoms with van der Waals surface area (Å²) >= 11 is 0. The third-order valence-electron chi connectivity index (χ3n) is 3.70. The maximum atomic E-state index is 9.55. The highest BCUT2D eigenvalue weighted by molar-refractivity contribution is 5.60. The van der Waals surface area contributed by atoms with Crippen molar-refractivity contribution in [2.75, 3.05) is 17.7 Å². The van der Waals surface area contributed by atoms with E-state index in [1.54, 1.807) is 12.3 Å². The Balaban J connectivity index is 2.08. The van der Waals surface area contributed by atoms with Gasteiger partial charge >= 0.3 is 0 Å². The molecule has 0 aliphatic rings. The number of aromatic nitrogens is 2. The summed E-state index contributed by atoms with van der Waals surface area (Å²) in [4.78, 5) is 8.52. The number of hydrogen-bond donors (Lipinski definition) is 3. The van der Waals surface area contributed by atoms with Crippen molar-refractivity contribution in [2.24, 2.45) is 0 Å². The Labute approximate surface area is 143 Å². The number of anilines is 2. The molecule has 4 N–H and O–H groups in total. The number of hydrogen-bond acceptors (Lipinski definition) is 6. The molecule has 6 heteroatoms. The summed E-state index contributed by atoms with van der Waals surface area (Å²) in [6, 6.07) is 7.51. The average Bonchev–Trinajstić information content (AvgIpc) is 2.58. The van der Waals surface area contributed by atoms with Crippen molar-refractivity contribution in [3.8, 4) is 5.75 Å². The number of aryl methyl sites for hydroxylation is 1. The third-order valence-corrected chi connectivity index (χ3v) is 3.70. The third kappa shape index (κ3) is 5.38. The van der Waals surface area contributed by atoms with Crippen molar-refractivity contribution in [2.45, 2.75) is 45.8 Å². The number of nitrogens with two attached hydrogens (primary N) is 1. The van der Waals surface area contributed by atoms with E-state index in [2.05, 4.69) is 22.2 Å². The van der Waals surface area contributed by atoms with E-state index in [0.717, 1.165) is 36.3 Å². The Morgan fingerprint density at radius 3 is 2.92 bits per heavy atom. The molecule has 0 aliphatic carbocycles. The zero-order chi connectivity index (χ0) is 17.4. The van der Waals surface area contributed by atoms with Crippen LogP contribution in [-0.2, 0) is 6.61 Å². The summed E-state index contributed by atoms with van der Waals surface area (Å²) in [5.74, 6) is 1.01. The van der Waals surface area contributed by atoms with Gasteiger partial charge in [0.2, 0.25) is 0 Å². The number of unbranched alkanes of at least 4 members (excludes halogenated alkanes) is 1. The van der Waals surface area contributed by atoms with Gasteiger partial charge in [0, 0.05) is 17.8 Å². The predicted molar refractivity (Wildman–Crippen MR) is 96.0 cm³/mol. The molecular weight excluding hydrogens is 304 g/mol. The number of nitrogens with zero attached hydrogens (tertiary/aromatic N) is 2. The van der Waals surface area contributed by atoms with Crippen LogP contribution in [0.4, 0.5) is 11.5 Å². The van der Waals surface area contributed by atoms with E-state index in [0.29, 0.717) is 18.2 Å². The first-order valence-electron chi connectivity index (χ1n) is 8.30. The number of nitrogen functional groups attached to an aromatic ring is 1. The first kappa shape index (κ1) is 18.0. The number of nitrogens with one attached hydrogen (secondary N) is 1. The average molecular weight is 330 g/mol. The van der Waals surface area contributed by atoms with Gasteiger partial charge in [-0.3, -0.25) is 4.98 Å². The van der Waals surface area contributed by atoms with Crippen LogP contribution in [-0.4, -0.2) is 27.7 Å². The van der Waals surface area contributed by atoms with E-state index >= 15 is 0 Å². The Morgan fingerprint density at radius 2 is 2.21 bits per heavy atom. The van der Waals surface area contributed by atoms with Crippen LogP contribution in [0.5, 0.6) is 5.75 Å². The zero-order valence-corrected chi connectivity index (χ0v) is 14.3. The van der Waals surface area contributed by atoms with Gasteiger partial charge in [0.05, 0.1) is 24.2 Å². The van der Waals surface area contributed by atoms with Gasteiger partial charge in [-0.05, 0) is 25.5 Å². The molecule has 0 aliphatic heterocycles. The lowest BCUT2D eigenvalue weighted by molar-refractivity contribution is 0.265. The molecule has 1 atom stereocenters. The highest BCUT2D eigenvalue weighted by Gasteiger charge is 2.12. The maximum Gasteiger partial charge on any atom is 0.161 e.